The summed E-state index contributed by atoms with van der Waals surface area (Å²) in [7, 11) is 0. The molecular formula is C13H16N2O5. The van der Waals surface area contributed by atoms with Gasteiger partial charge in [0.25, 0.3) is 0 Å². The van der Waals surface area contributed by atoms with E-state index >= 15 is 0 Å². The fraction of sp³-hybridized carbons (Fsp3) is 0.385. The van der Waals surface area contributed by atoms with Crippen molar-refractivity contribution in [2.45, 2.75) is 26.6 Å². The zero-order chi connectivity index (χ0) is 14.9. The first-order chi connectivity index (χ1) is 9.41. The monoisotopic (exact) mass is 280 g/mol. The first kappa shape index (κ1) is 14.1. The van der Waals surface area contributed by atoms with E-state index in [1.165, 1.54) is 16.9 Å². The minimum absolute atomic E-state index is 0.00901. The van der Waals surface area contributed by atoms with Crippen LogP contribution in [0.3, 0.4) is 0 Å². The maximum absolute atomic E-state index is 11.7. The van der Waals surface area contributed by atoms with Crippen molar-refractivity contribution in [1.29, 1.82) is 0 Å². The lowest BCUT2D eigenvalue weighted by molar-refractivity contribution is -0.150. The van der Waals surface area contributed by atoms with E-state index in [1.54, 1.807) is 19.9 Å². The zero-order valence-corrected chi connectivity index (χ0v) is 11.2. The SMILES string of the molecule is CC(C)C(N)C(=O)OCn1c(C(=O)O)cc2occc21. The summed E-state index contributed by atoms with van der Waals surface area (Å²) < 4.78 is 11.6. The third kappa shape index (κ3) is 2.53. The van der Waals surface area contributed by atoms with Gasteiger partial charge in [0.1, 0.15) is 11.7 Å². The van der Waals surface area contributed by atoms with Gasteiger partial charge in [-0.2, -0.15) is 0 Å². The first-order valence-electron chi connectivity index (χ1n) is 6.14. The van der Waals surface area contributed by atoms with Crippen LogP contribution in [0, 0.1) is 5.92 Å². The van der Waals surface area contributed by atoms with E-state index in [1.807, 2.05) is 0 Å². The summed E-state index contributed by atoms with van der Waals surface area (Å²) >= 11 is 0. The predicted molar refractivity (Wildman–Crippen MR) is 70.1 cm³/mol. The number of carboxylic acids is 1. The number of carbonyl (C=O) groups is 2. The Hall–Kier alpha value is -2.28. The Bertz CT molecular complexity index is 640. The molecule has 1 atom stereocenters. The summed E-state index contributed by atoms with van der Waals surface area (Å²) in [5, 5.41) is 9.12. The molecule has 108 valence electrons. The maximum Gasteiger partial charge on any atom is 0.352 e. The van der Waals surface area contributed by atoms with Gasteiger partial charge in [0, 0.05) is 12.1 Å². The highest BCUT2D eigenvalue weighted by Gasteiger charge is 2.21. The second kappa shape index (κ2) is 5.38. The molecule has 0 amide bonds. The van der Waals surface area contributed by atoms with Crippen molar-refractivity contribution in [2.75, 3.05) is 0 Å². The number of fused-ring (bicyclic) bond motifs is 1. The normalized spacial score (nSPS) is 12.8. The van der Waals surface area contributed by atoms with Crippen LogP contribution in [0.25, 0.3) is 11.1 Å². The molecule has 20 heavy (non-hydrogen) atoms. The van der Waals surface area contributed by atoms with Crippen molar-refractivity contribution in [2.24, 2.45) is 11.7 Å². The van der Waals surface area contributed by atoms with Gasteiger partial charge in [-0.05, 0) is 5.92 Å². The van der Waals surface area contributed by atoms with Crippen molar-refractivity contribution < 1.29 is 23.8 Å². The molecule has 2 aromatic heterocycles. The van der Waals surface area contributed by atoms with Crippen molar-refractivity contribution in [3.05, 3.63) is 24.1 Å². The number of nitrogens with two attached hydrogens (primary N) is 1. The molecular weight excluding hydrogens is 264 g/mol. The number of carboxylic acid groups (broad SMARTS) is 1. The van der Waals surface area contributed by atoms with Gasteiger partial charge >= 0.3 is 11.9 Å². The van der Waals surface area contributed by atoms with Gasteiger partial charge in [-0.25, -0.2) is 4.79 Å². The van der Waals surface area contributed by atoms with Crippen molar-refractivity contribution >= 4 is 23.0 Å². The van der Waals surface area contributed by atoms with E-state index < -0.39 is 18.0 Å². The van der Waals surface area contributed by atoms with Gasteiger partial charge in [-0.15, -0.1) is 0 Å². The van der Waals surface area contributed by atoms with E-state index in [9.17, 15) is 9.59 Å². The van der Waals surface area contributed by atoms with Crippen LogP contribution in [-0.4, -0.2) is 27.7 Å². The number of hydrogen-bond donors (Lipinski definition) is 2. The fourth-order valence-corrected chi connectivity index (χ4v) is 1.79. The number of rotatable bonds is 5. The lowest BCUT2D eigenvalue weighted by atomic mass is 10.1. The summed E-state index contributed by atoms with van der Waals surface area (Å²) in [6, 6.07) is 2.25. The summed E-state index contributed by atoms with van der Waals surface area (Å²) in [6.07, 6.45) is 1.44. The summed E-state index contributed by atoms with van der Waals surface area (Å²) in [6.45, 7) is 3.39. The fourth-order valence-electron chi connectivity index (χ4n) is 1.79. The molecule has 2 rings (SSSR count). The molecule has 0 fully saturated rings. The van der Waals surface area contributed by atoms with Gasteiger partial charge in [0.15, 0.2) is 12.3 Å². The molecule has 2 heterocycles. The second-order valence-electron chi connectivity index (χ2n) is 4.80. The number of esters is 1. The molecule has 7 nitrogen and oxygen atoms in total. The minimum atomic E-state index is -1.12. The molecule has 0 radical (unpaired) electrons. The van der Waals surface area contributed by atoms with Crippen LogP contribution in [0.2, 0.25) is 0 Å². The third-order valence-corrected chi connectivity index (χ3v) is 3.07. The standard InChI is InChI=1S/C13H16N2O5/c1-7(2)11(14)13(18)20-6-15-8-3-4-19-10(8)5-9(15)12(16)17/h3-5,7,11H,6,14H2,1-2H3,(H,16,17). The van der Waals surface area contributed by atoms with Crippen LogP contribution in [0.4, 0.5) is 0 Å². The Labute approximate surface area is 114 Å². The number of aromatic nitrogens is 1. The molecule has 0 spiro atoms. The van der Waals surface area contributed by atoms with Crippen molar-refractivity contribution in [3.8, 4) is 0 Å². The quantitative estimate of drug-likeness (QED) is 0.802. The largest absolute Gasteiger partial charge is 0.477 e. The van der Waals surface area contributed by atoms with E-state index in [-0.39, 0.29) is 18.3 Å². The molecule has 0 aliphatic carbocycles. The Kier molecular flexibility index (Phi) is 3.80. The van der Waals surface area contributed by atoms with Crippen LogP contribution in [-0.2, 0) is 16.3 Å². The Morgan fingerprint density at radius 3 is 2.80 bits per heavy atom. The number of furan rings is 1. The Morgan fingerprint density at radius 2 is 2.20 bits per heavy atom. The number of carbonyl (C=O) groups excluding carboxylic acids is 1. The van der Waals surface area contributed by atoms with Gasteiger partial charge in [-0.1, -0.05) is 13.8 Å². The van der Waals surface area contributed by atoms with Crippen LogP contribution >= 0.6 is 0 Å². The number of hydrogen-bond acceptors (Lipinski definition) is 5. The average Bonchev–Trinajstić information content (AvgIpc) is 2.95. The Balaban J connectivity index is 2.20. The molecule has 0 bridgehead atoms. The number of aromatic carboxylic acids is 1. The molecule has 7 heteroatoms. The summed E-state index contributed by atoms with van der Waals surface area (Å²) in [5.41, 5.74) is 6.63. The summed E-state index contributed by atoms with van der Waals surface area (Å²) in [5.74, 6) is -1.75. The Morgan fingerprint density at radius 1 is 1.50 bits per heavy atom. The van der Waals surface area contributed by atoms with Crippen molar-refractivity contribution in [1.82, 2.24) is 4.57 Å². The average molecular weight is 280 g/mol. The highest BCUT2D eigenvalue weighted by atomic mass is 16.5. The first-order valence-corrected chi connectivity index (χ1v) is 6.14. The maximum atomic E-state index is 11.7. The van der Waals surface area contributed by atoms with Gasteiger partial charge < -0.3 is 20.0 Å². The van der Waals surface area contributed by atoms with Crippen LogP contribution in [0.5, 0.6) is 0 Å². The van der Waals surface area contributed by atoms with Crippen molar-refractivity contribution in [3.63, 3.8) is 0 Å². The predicted octanol–water partition coefficient (Wildman–Crippen LogP) is 1.42. The molecule has 1 unspecified atom stereocenters. The zero-order valence-electron chi connectivity index (χ0n) is 11.2. The lowest BCUT2D eigenvalue weighted by Gasteiger charge is -2.15. The van der Waals surface area contributed by atoms with E-state index in [2.05, 4.69) is 0 Å². The van der Waals surface area contributed by atoms with Crippen LogP contribution in [0.15, 0.2) is 22.8 Å². The van der Waals surface area contributed by atoms with Gasteiger partial charge in [0.2, 0.25) is 0 Å². The molecule has 2 aromatic rings. The van der Waals surface area contributed by atoms with Gasteiger partial charge in [-0.3, -0.25) is 9.36 Å². The topological polar surface area (TPSA) is 108 Å². The number of nitrogens with zero attached hydrogens (tertiary/aromatic N) is 1. The third-order valence-electron chi connectivity index (χ3n) is 3.07. The highest BCUT2D eigenvalue weighted by molar-refractivity contribution is 5.92. The van der Waals surface area contributed by atoms with Gasteiger partial charge in [0.05, 0.1) is 11.8 Å². The van der Waals surface area contributed by atoms with E-state index in [0.717, 1.165) is 0 Å². The molecule has 0 aromatic carbocycles. The lowest BCUT2D eigenvalue weighted by Crippen LogP contribution is -2.37. The molecule has 0 saturated heterocycles. The molecule has 0 aliphatic heterocycles. The highest BCUT2D eigenvalue weighted by Crippen LogP contribution is 2.21. The smallest absolute Gasteiger partial charge is 0.352 e. The second-order valence-corrected chi connectivity index (χ2v) is 4.80. The molecule has 3 N–H and O–H groups in total. The molecule has 0 saturated carbocycles. The van der Waals surface area contributed by atoms with E-state index in [4.69, 9.17) is 20.0 Å². The van der Waals surface area contributed by atoms with Crippen LogP contribution < -0.4 is 5.73 Å². The van der Waals surface area contributed by atoms with E-state index in [0.29, 0.717) is 11.1 Å². The minimum Gasteiger partial charge on any atom is -0.477 e. The molecule has 0 aliphatic rings. The number of ether oxygens (including phenoxy) is 1. The summed E-state index contributed by atoms with van der Waals surface area (Å²) in [4.78, 5) is 22.9. The van der Waals surface area contributed by atoms with Crippen LogP contribution in [0.1, 0.15) is 24.3 Å².